The highest BCUT2D eigenvalue weighted by Crippen LogP contribution is 2.61. The lowest BCUT2D eigenvalue weighted by atomic mass is 9.62. The normalized spacial score (nSPS) is 21.4. The first-order valence-electron chi connectivity index (χ1n) is 18.5. The second kappa shape index (κ2) is 9.95. The number of nitrogens with zero attached hydrogens (tertiary/aromatic N) is 5. The molecule has 2 aliphatic heterocycles. The molecule has 7 aromatic rings. The average Bonchev–Trinajstić information content (AvgIpc) is 3.65. The van der Waals surface area contributed by atoms with Gasteiger partial charge in [0.05, 0.1) is 16.6 Å². The van der Waals surface area contributed by atoms with Gasteiger partial charge in [-0.05, 0) is 58.0 Å². The molecule has 0 saturated heterocycles. The Hall–Kier alpha value is -5.81. The third kappa shape index (κ3) is 3.47. The van der Waals surface area contributed by atoms with Crippen LogP contribution in [0.3, 0.4) is 0 Å². The van der Waals surface area contributed by atoms with Gasteiger partial charge in [0.15, 0.2) is 11.6 Å². The highest BCUT2D eigenvalue weighted by molar-refractivity contribution is 5.97. The van der Waals surface area contributed by atoms with Gasteiger partial charge >= 0.3 is 0 Å². The van der Waals surface area contributed by atoms with Crippen LogP contribution in [0.2, 0.25) is 0 Å². The smallest absolute Gasteiger partial charge is 0.164 e. The summed E-state index contributed by atoms with van der Waals surface area (Å²) in [5.41, 5.74) is 15.3. The Morgan fingerprint density at radius 2 is 1.29 bits per heavy atom. The van der Waals surface area contributed by atoms with E-state index in [1.54, 1.807) is 0 Å². The number of para-hydroxylation sites is 1. The second-order valence-corrected chi connectivity index (χ2v) is 15.8. The van der Waals surface area contributed by atoms with E-state index in [0.717, 1.165) is 22.8 Å². The zero-order valence-electron chi connectivity index (χ0n) is 30.4. The fourth-order valence-corrected chi connectivity index (χ4v) is 10.8. The predicted molar refractivity (Wildman–Crippen MR) is 210 cm³/mol. The van der Waals surface area contributed by atoms with Crippen LogP contribution in [-0.4, -0.2) is 26.6 Å². The molecule has 5 heteroatoms. The third-order valence-corrected chi connectivity index (χ3v) is 12.9. The van der Waals surface area contributed by atoms with E-state index in [4.69, 9.17) is 15.0 Å². The van der Waals surface area contributed by atoms with Gasteiger partial charge in [-0.2, -0.15) is 0 Å². The Kier molecular flexibility index (Phi) is 5.71. The molecular weight excluding hydrogens is 635 g/mol. The van der Waals surface area contributed by atoms with Crippen LogP contribution >= 0.6 is 0 Å². The van der Waals surface area contributed by atoms with Crippen molar-refractivity contribution < 1.29 is 0 Å². The number of allylic oxidation sites excluding steroid dienone is 2. The summed E-state index contributed by atoms with van der Waals surface area (Å²) < 4.78 is 2.57. The first kappa shape index (κ1) is 29.9. The molecular formula is C47H39N5. The van der Waals surface area contributed by atoms with Crippen LogP contribution in [0, 0.1) is 0 Å². The van der Waals surface area contributed by atoms with E-state index in [9.17, 15) is 0 Å². The van der Waals surface area contributed by atoms with Gasteiger partial charge in [0.25, 0.3) is 0 Å². The third-order valence-electron chi connectivity index (χ3n) is 12.9. The highest BCUT2D eigenvalue weighted by atomic mass is 15.3. The first-order valence-corrected chi connectivity index (χ1v) is 18.5. The summed E-state index contributed by atoms with van der Waals surface area (Å²) in [7, 11) is 2.29. The molecule has 2 aromatic heterocycles. The van der Waals surface area contributed by atoms with Crippen molar-refractivity contribution in [2.45, 2.75) is 57.3 Å². The molecule has 52 heavy (non-hydrogen) atoms. The first-order chi connectivity index (χ1) is 25.2. The van der Waals surface area contributed by atoms with Gasteiger partial charge in [0.1, 0.15) is 11.6 Å². The van der Waals surface area contributed by atoms with Crippen LogP contribution in [0.4, 0.5) is 5.82 Å². The van der Waals surface area contributed by atoms with Gasteiger partial charge < -0.3 is 4.90 Å². The quantitative estimate of drug-likeness (QED) is 0.174. The van der Waals surface area contributed by atoms with E-state index in [1.807, 2.05) is 0 Å². The van der Waals surface area contributed by atoms with E-state index in [0.29, 0.717) is 5.82 Å². The minimum absolute atomic E-state index is 0.154. The molecule has 3 unspecified atom stereocenters. The van der Waals surface area contributed by atoms with Crippen LogP contribution in [0.5, 0.6) is 0 Å². The van der Waals surface area contributed by atoms with Crippen LogP contribution in [-0.2, 0) is 10.8 Å². The van der Waals surface area contributed by atoms with Crippen molar-refractivity contribution in [3.8, 4) is 39.6 Å². The predicted octanol–water partition coefficient (Wildman–Crippen LogP) is 10.7. The maximum atomic E-state index is 5.63. The van der Waals surface area contributed by atoms with E-state index in [-0.39, 0.29) is 17.3 Å². The molecule has 6 bridgehead atoms. The van der Waals surface area contributed by atoms with Gasteiger partial charge in [-0.15, -0.1) is 0 Å². The van der Waals surface area contributed by atoms with E-state index < -0.39 is 5.41 Å². The minimum Gasteiger partial charge on any atom is -0.333 e. The molecule has 0 fully saturated rings. The number of rotatable bonds is 1. The second-order valence-electron chi connectivity index (χ2n) is 15.8. The highest BCUT2D eigenvalue weighted by Gasteiger charge is 2.52. The summed E-state index contributed by atoms with van der Waals surface area (Å²) in [6, 6.07) is 42.0. The molecule has 11 rings (SSSR count). The largest absolute Gasteiger partial charge is 0.333 e. The number of likely N-dealkylation sites (N-methyl/N-ethyl adjacent to an activating group) is 1. The molecule has 0 N–H and O–H groups in total. The van der Waals surface area contributed by atoms with Crippen LogP contribution < -0.4 is 4.90 Å². The Labute approximate surface area is 304 Å². The summed E-state index contributed by atoms with van der Waals surface area (Å²) in [4.78, 5) is 19.0. The lowest BCUT2D eigenvalue weighted by Gasteiger charge is -2.49. The molecule has 4 heterocycles. The van der Waals surface area contributed by atoms with Crippen molar-refractivity contribution in [3.05, 3.63) is 160 Å². The summed E-state index contributed by atoms with van der Waals surface area (Å²) >= 11 is 0. The van der Waals surface area contributed by atoms with Gasteiger partial charge in [-0.25, -0.2) is 15.0 Å². The Morgan fingerprint density at radius 3 is 2.12 bits per heavy atom. The summed E-state index contributed by atoms with van der Waals surface area (Å²) in [6.07, 6.45) is 0. The number of anilines is 1. The summed E-state index contributed by atoms with van der Waals surface area (Å²) in [5, 5.41) is 1.31. The lowest BCUT2D eigenvalue weighted by molar-refractivity contribution is 0.528. The van der Waals surface area contributed by atoms with Gasteiger partial charge in [0.2, 0.25) is 0 Å². The molecule has 0 amide bonds. The molecule has 0 radical (unpaired) electrons. The van der Waals surface area contributed by atoms with Gasteiger partial charge in [-0.3, -0.25) is 4.57 Å². The fourth-order valence-electron chi connectivity index (χ4n) is 10.8. The molecule has 5 aromatic carbocycles. The number of fused-ring (bicyclic) bond motifs is 11. The molecule has 0 saturated carbocycles. The van der Waals surface area contributed by atoms with E-state index >= 15 is 0 Å². The van der Waals surface area contributed by atoms with Crippen molar-refractivity contribution in [1.29, 1.82) is 0 Å². The SMILES string of the molecule is CC1C2=C3N(C)c4c(c5ccccc5n4-c4cccc5c4C(C)(C)c4c(cccc4-5)-c4nc(-c5ccccc5)nc(n4)C3(C)c3ccccc31)C2C. The van der Waals surface area contributed by atoms with Crippen molar-refractivity contribution in [1.82, 2.24) is 19.5 Å². The zero-order valence-corrected chi connectivity index (χ0v) is 30.4. The average molecular weight is 674 g/mol. The Balaban J connectivity index is 1.38. The molecule has 4 aliphatic rings. The Morgan fingerprint density at radius 1 is 0.615 bits per heavy atom. The number of benzene rings is 5. The monoisotopic (exact) mass is 673 g/mol. The molecule has 252 valence electrons. The van der Waals surface area contributed by atoms with Crippen molar-refractivity contribution >= 4 is 16.7 Å². The number of hydrogen-bond donors (Lipinski definition) is 0. The summed E-state index contributed by atoms with van der Waals surface area (Å²) in [5.74, 6) is 3.78. The van der Waals surface area contributed by atoms with Crippen LogP contribution in [0.25, 0.3) is 50.5 Å². The van der Waals surface area contributed by atoms with Crippen molar-refractivity contribution in [3.63, 3.8) is 0 Å². The van der Waals surface area contributed by atoms with Gasteiger partial charge in [-0.1, -0.05) is 131 Å². The number of aromatic nitrogens is 4. The molecule has 2 aliphatic carbocycles. The van der Waals surface area contributed by atoms with E-state index in [1.165, 1.54) is 72.6 Å². The maximum Gasteiger partial charge on any atom is 0.164 e. The lowest BCUT2D eigenvalue weighted by Crippen LogP contribution is -2.45. The van der Waals surface area contributed by atoms with Crippen LogP contribution in [0.1, 0.15) is 80.1 Å². The standard InChI is InChI=1S/C47H39N5/c1-26-29-18-10-12-23-34(29)47(5)41-37(26)27(2)38-32-19-11-13-24-35(32)52(44(38)51(41)6)36-25-15-21-31-30-20-14-22-33(39(30)46(3,4)40(31)36)43-48-42(49-45(47)50-43)28-16-8-7-9-17-28/h7-27H,1-6H3. The fraction of sp³-hybridized carbons (Fsp3) is 0.213. The maximum absolute atomic E-state index is 5.63. The van der Waals surface area contributed by atoms with Crippen molar-refractivity contribution in [2.24, 2.45) is 0 Å². The zero-order chi connectivity index (χ0) is 35.3. The Bertz CT molecular complexity index is 2730. The molecule has 0 spiro atoms. The minimum atomic E-state index is -0.683. The summed E-state index contributed by atoms with van der Waals surface area (Å²) in [6.45, 7) is 11.9. The van der Waals surface area contributed by atoms with Crippen LogP contribution in [0.15, 0.2) is 127 Å². The topological polar surface area (TPSA) is 46.8 Å². The molecule has 5 nitrogen and oxygen atoms in total. The molecule has 3 atom stereocenters. The van der Waals surface area contributed by atoms with Gasteiger partial charge in [0, 0.05) is 52.1 Å². The number of hydrogen-bond acceptors (Lipinski definition) is 4. The van der Waals surface area contributed by atoms with E-state index in [2.05, 4.69) is 166 Å². The van der Waals surface area contributed by atoms with Crippen molar-refractivity contribution in [2.75, 3.05) is 11.9 Å².